The normalized spacial score (nSPS) is 12.4. The number of pyridine rings is 1. The minimum absolute atomic E-state index is 0.120. The van der Waals surface area contributed by atoms with Gasteiger partial charge in [-0.15, -0.1) is 0 Å². The SMILES string of the molecule is Cc1cc(C)c2nc(-n3nc(C)cc3NC(=O)C(C)Br)cc(C)c2c1. The van der Waals surface area contributed by atoms with Crippen molar-refractivity contribution in [3.63, 3.8) is 0 Å². The highest BCUT2D eigenvalue weighted by Crippen LogP contribution is 2.26. The van der Waals surface area contributed by atoms with E-state index in [1.165, 1.54) is 5.56 Å². The number of fused-ring (bicyclic) bond motifs is 1. The van der Waals surface area contributed by atoms with Crippen LogP contribution in [0.1, 0.15) is 29.3 Å². The molecule has 2 aromatic heterocycles. The molecule has 0 saturated heterocycles. The molecule has 0 saturated carbocycles. The van der Waals surface area contributed by atoms with E-state index in [0.717, 1.165) is 27.7 Å². The number of amides is 1. The van der Waals surface area contributed by atoms with Gasteiger partial charge in [-0.1, -0.05) is 27.6 Å². The summed E-state index contributed by atoms with van der Waals surface area (Å²) in [5, 5.41) is 8.55. The summed E-state index contributed by atoms with van der Waals surface area (Å²) in [4.78, 5) is 16.6. The highest BCUT2D eigenvalue weighted by molar-refractivity contribution is 9.10. The van der Waals surface area contributed by atoms with Gasteiger partial charge in [0.05, 0.1) is 16.0 Å². The minimum atomic E-state index is -0.285. The van der Waals surface area contributed by atoms with Crippen molar-refractivity contribution in [1.82, 2.24) is 14.8 Å². The third kappa shape index (κ3) is 3.44. The second-order valence-electron chi connectivity index (χ2n) is 6.46. The van der Waals surface area contributed by atoms with Gasteiger partial charge in [0.2, 0.25) is 5.91 Å². The maximum atomic E-state index is 12.1. The van der Waals surface area contributed by atoms with Crippen molar-refractivity contribution in [3.05, 3.63) is 46.6 Å². The van der Waals surface area contributed by atoms with Crippen LogP contribution in [0, 0.1) is 27.7 Å². The molecule has 6 heteroatoms. The van der Waals surface area contributed by atoms with E-state index in [1.807, 2.05) is 19.1 Å². The van der Waals surface area contributed by atoms with Crippen LogP contribution < -0.4 is 5.32 Å². The van der Waals surface area contributed by atoms with Gasteiger partial charge in [0, 0.05) is 11.5 Å². The zero-order valence-corrected chi connectivity index (χ0v) is 16.6. The molecule has 1 atom stereocenters. The quantitative estimate of drug-likeness (QED) is 0.663. The van der Waals surface area contributed by atoms with E-state index in [2.05, 4.69) is 59.2 Å². The number of halogens is 1. The summed E-state index contributed by atoms with van der Waals surface area (Å²) in [7, 11) is 0. The van der Waals surface area contributed by atoms with Gasteiger partial charge >= 0.3 is 0 Å². The highest BCUT2D eigenvalue weighted by Gasteiger charge is 2.16. The van der Waals surface area contributed by atoms with Gasteiger partial charge in [0.25, 0.3) is 0 Å². The first-order chi connectivity index (χ1) is 11.8. The molecule has 1 aromatic carbocycles. The molecule has 0 fully saturated rings. The van der Waals surface area contributed by atoms with Crippen molar-refractivity contribution in [3.8, 4) is 5.82 Å². The molecular formula is C19H21BrN4O. The molecule has 1 unspecified atom stereocenters. The lowest BCUT2D eigenvalue weighted by Crippen LogP contribution is -2.22. The van der Waals surface area contributed by atoms with Crippen LogP contribution in [0.2, 0.25) is 0 Å². The Balaban J connectivity index is 2.16. The molecular weight excluding hydrogens is 380 g/mol. The van der Waals surface area contributed by atoms with Crippen LogP contribution >= 0.6 is 15.9 Å². The predicted molar refractivity (Wildman–Crippen MR) is 105 cm³/mol. The second kappa shape index (κ2) is 6.59. The van der Waals surface area contributed by atoms with Crippen molar-refractivity contribution in [2.45, 2.75) is 39.4 Å². The van der Waals surface area contributed by atoms with Gasteiger partial charge in [-0.05, 0) is 57.9 Å². The summed E-state index contributed by atoms with van der Waals surface area (Å²) >= 11 is 3.29. The topological polar surface area (TPSA) is 59.8 Å². The van der Waals surface area contributed by atoms with Gasteiger partial charge in [-0.2, -0.15) is 9.78 Å². The van der Waals surface area contributed by atoms with Crippen molar-refractivity contribution < 1.29 is 4.79 Å². The maximum absolute atomic E-state index is 12.1. The van der Waals surface area contributed by atoms with E-state index in [4.69, 9.17) is 4.98 Å². The Bertz CT molecular complexity index is 975. The number of rotatable bonds is 3. The van der Waals surface area contributed by atoms with Crippen molar-refractivity contribution >= 4 is 38.6 Å². The number of nitrogens with one attached hydrogen (secondary N) is 1. The standard InChI is InChI=1S/C19H21BrN4O/c1-10-6-12(3)18-15(7-10)11(2)8-16(21-18)24-17(9-13(4)23-24)22-19(25)14(5)20/h6-9,14H,1-5H3,(H,22,25). The summed E-state index contributed by atoms with van der Waals surface area (Å²) in [5.74, 6) is 1.19. The van der Waals surface area contributed by atoms with Crippen LogP contribution in [0.25, 0.3) is 16.7 Å². The predicted octanol–water partition coefficient (Wildman–Crippen LogP) is 4.38. The first-order valence-corrected chi connectivity index (χ1v) is 9.08. The van der Waals surface area contributed by atoms with Crippen molar-refractivity contribution in [2.24, 2.45) is 0 Å². The van der Waals surface area contributed by atoms with E-state index in [-0.39, 0.29) is 10.7 Å². The van der Waals surface area contributed by atoms with E-state index >= 15 is 0 Å². The lowest BCUT2D eigenvalue weighted by molar-refractivity contribution is -0.115. The molecule has 0 aliphatic rings. The van der Waals surface area contributed by atoms with Gasteiger partial charge in [0.15, 0.2) is 5.82 Å². The Hall–Kier alpha value is -2.21. The Kier molecular flexibility index (Phi) is 4.64. The molecule has 25 heavy (non-hydrogen) atoms. The average molecular weight is 401 g/mol. The van der Waals surface area contributed by atoms with E-state index in [0.29, 0.717) is 11.6 Å². The van der Waals surface area contributed by atoms with E-state index in [1.54, 1.807) is 11.6 Å². The average Bonchev–Trinajstić information content (AvgIpc) is 2.88. The largest absolute Gasteiger partial charge is 0.310 e. The summed E-state index contributed by atoms with van der Waals surface area (Å²) in [5.41, 5.74) is 5.25. The molecule has 1 N–H and O–H groups in total. The van der Waals surface area contributed by atoms with Crippen LogP contribution in [0.5, 0.6) is 0 Å². The van der Waals surface area contributed by atoms with Crippen molar-refractivity contribution in [2.75, 3.05) is 5.32 Å². The van der Waals surface area contributed by atoms with Crippen molar-refractivity contribution in [1.29, 1.82) is 0 Å². The lowest BCUT2D eigenvalue weighted by atomic mass is 10.0. The minimum Gasteiger partial charge on any atom is -0.310 e. The molecule has 0 radical (unpaired) electrons. The fourth-order valence-corrected chi connectivity index (χ4v) is 3.04. The van der Waals surface area contributed by atoms with Gasteiger partial charge in [0.1, 0.15) is 5.82 Å². The Morgan fingerprint density at radius 3 is 2.52 bits per heavy atom. The summed E-state index contributed by atoms with van der Waals surface area (Å²) in [6.45, 7) is 9.90. The van der Waals surface area contributed by atoms with Gasteiger partial charge < -0.3 is 5.32 Å². The fraction of sp³-hybridized carbons (Fsp3) is 0.316. The molecule has 2 heterocycles. The Labute approximate surface area is 155 Å². The number of anilines is 1. The number of aryl methyl sites for hydroxylation is 4. The zero-order chi connectivity index (χ0) is 18.3. The van der Waals surface area contributed by atoms with Gasteiger partial charge in [-0.3, -0.25) is 4.79 Å². The Morgan fingerprint density at radius 1 is 1.12 bits per heavy atom. The number of nitrogens with zero attached hydrogens (tertiary/aromatic N) is 3. The number of hydrogen-bond acceptors (Lipinski definition) is 3. The van der Waals surface area contributed by atoms with Crippen LogP contribution in [0.15, 0.2) is 24.3 Å². The number of carbonyl (C=O) groups is 1. The molecule has 1 amide bonds. The molecule has 5 nitrogen and oxygen atoms in total. The number of carbonyl (C=O) groups excluding carboxylic acids is 1. The molecule has 3 aromatic rings. The third-order valence-corrected chi connectivity index (χ3v) is 4.52. The molecule has 130 valence electrons. The fourth-order valence-electron chi connectivity index (χ4n) is 2.92. The smallest absolute Gasteiger partial charge is 0.239 e. The molecule has 0 aliphatic carbocycles. The number of benzene rings is 1. The zero-order valence-electron chi connectivity index (χ0n) is 15.0. The third-order valence-electron chi connectivity index (χ3n) is 4.10. The maximum Gasteiger partial charge on any atom is 0.239 e. The number of hydrogen-bond donors (Lipinski definition) is 1. The molecule has 0 aliphatic heterocycles. The molecule has 0 spiro atoms. The van der Waals surface area contributed by atoms with Gasteiger partial charge in [-0.25, -0.2) is 4.98 Å². The monoisotopic (exact) mass is 400 g/mol. The molecule has 0 bridgehead atoms. The summed E-state index contributed by atoms with van der Waals surface area (Å²) < 4.78 is 1.69. The lowest BCUT2D eigenvalue weighted by Gasteiger charge is -2.13. The molecule has 3 rings (SSSR count). The second-order valence-corrected chi connectivity index (χ2v) is 7.84. The van der Waals surface area contributed by atoms with Crippen LogP contribution in [0.3, 0.4) is 0 Å². The summed E-state index contributed by atoms with van der Waals surface area (Å²) in [6, 6.07) is 8.12. The Morgan fingerprint density at radius 2 is 1.84 bits per heavy atom. The number of aromatic nitrogens is 3. The van der Waals surface area contributed by atoms with E-state index < -0.39 is 0 Å². The number of alkyl halides is 1. The summed E-state index contributed by atoms with van der Waals surface area (Å²) in [6.07, 6.45) is 0. The van der Waals surface area contributed by atoms with Crippen LogP contribution in [-0.4, -0.2) is 25.5 Å². The van der Waals surface area contributed by atoms with Crippen LogP contribution in [-0.2, 0) is 4.79 Å². The van der Waals surface area contributed by atoms with E-state index in [9.17, 15) is 4.79 Å². The first kappa shape index (κ1) is 17.6. The van der Waals surface area contributed by atoms with Crippen LogP contribution in [0.4, 0.5) is 5.82 Å². The first-order valence-electron chi connectivity index (χ1n) is 8.17. The highest BCUT2D eigenvalue weighted by atomic mass is 79.9.